The van der Waals surface area contributed by atoms with E-state index < -0.39 is 8.32 Å². The average molecular weight is 413 g/mol. The van der Waals surface area contributed by atoms with E-state index in [9.17, 15) is 4.79 Å². The van der Waals surface area contributed by atoms with Gasteiger partial charge >= 0.3 is 0 Å². The molecule has 2 rings (SSSR count). The quantitative estimate of drug-likeness (QED) is 0.323. The predicted molar refractivity (Wildman–Crippen MR) is 127 cm³/mol. The molecule has 0 aliphatic heterocycles. The number of carbonyl (C=O) groups excluding carboxylic acids is 1. The number of allylic oxidation sites excluding steroid dienone is 2. The topological polar surface area (TPSA) is 26.3 Å². The van der Waals surface area contributed by atoms with Gasteiger partial charge in [0.15, 0.2) is 8.32 Å². The highest BCUT2D eigenvalue weighted by Crippen LogP contribution is 2.39. The SMILES string of the molecule is C=CC[C@H]1C(=O)C[C@@H](C)[C@@H]1/C=C/[C@H](CCc1ccccc1)O[Si](C)(C)C(C)(C)C. The molecule has 0 bridgehead atoms. The van der Waals surface area contributed by atoms with Crippen molar-refractivity contribution in [2.45, 2.75) is 77.6 Å². The minimum atomic E-state index is -1.88. The number of aryl methyl sites for hydroxylation is 1. The first-order valence-electron chi connectivity index (χ1n) is 11.1. The highest BCUT2D eigenvalue weighted by Gasteiger charge is 2.40. The molecule has 1 aliphatic rings. The fourth-order valence-electron chi connectivity index (χ4n) is 3.96. The Labute approximate surface area is 179 Å². The Morgan fingerprint density at radius 3 is 2.48 bits per heavy atom. The normalized spacial score (nSPS) is 24.2. The minimum absolute atomic E-state index is 0.0846. The van der Waals surface area contributed by atoms with Gasteiger partial charge in [-0.25, -0.2) is 0 Å². The lowest BCUT2D eigenvalue weighted by atomic mass is 9.87. The lowest BCUT2D eigenvalue weighted by molar-refractivity contribution is -0.121. The van der Waals surface area contributed by atoms with Crippen LogP contribution in [0.15, 0.2) is 55.1 Å². The monoisotopic (exact) mass is 412 g/mol. The van der Waals surface area contributed by atoms with Crippen LogP contribution in [0.4, 0.5) is 0 Å². The molecule has 0 amide bonds. The highest BCUT2D eigenvalue weighted by atomic mass is 28.4. The van der Waals surface area contributed by atoms with Gasteiger partial charge in [0.1, 0.15) is 5.78 Å². The number of benzene rings is 1. The molecule has 1 fully saturated rings. The van der Waals surface area contributed by atoms with Crippen LogP contribution in [-0.2, 0) is 15.6 Å². The van der Waals surface area contributed by atoms with Crippen molar-refractivity contribution in [1.82, 2.24) is 0 Å². The van der Waals surface area contributed by atoms with E-state index in [-0.39, 0.29) is 17.1 Å². The summed E-state index contributed by atoms with van der Waals surface area (Å²) in [6.45, 7) is 17.6. The number of rotatable bonds is 9. The van der Waals surface area contributed by atoms with Crippen molar-refractivity contribution in [3.63, 3.8) is 0 Å². The van der Waals surface area contributed by atoms with Gasteiger partial charge in [-0.15, -0.1) is 6.58 Å². The van der Waals surface area contributed by atoms with Crippen molar-refractivity contribution >= 4 is 14.1 Å². The number of carbonyl (C=O) groups is 1. The van der Waals surface area contributed by atoms with Crippen LogP contribution >= 0.6 is 0 Å². The van der Waals surface area contributed by atoms with E-state index >= 15 is 0 Å². The highest BCUT2D eigenvalue weighted by molar-refractivity contribution is 6.74. The van der Waals surface area contributed by atoms with E-state index in [4.69, 9.17) is 4.43 Å². The zero-order valence-corrected chi connectivity index (χ0v) is 20.3. The van der Waals surface area contributed by atoms with E-state index in [1.54, 1.807) is 0 Å². The first-order valence-corrected chi connectivity index (χ1v) is 14.0. The Hall–Kier alpha value is -1.45. The third kappa shape index (κ3) is 6.52. The summed E-state index contributed by atoms with van der Waals surface area (Å²) < 4.78 is 6.79. The Morgan fingerprint density at radius 2 is 1.90 bits per heavy atom. The molecule has 0 radical (unpaired) electrons. The molecule has 1 aromatic carbocycles. The summed E-state index contributed by atoms with van der Waals surface area (Å²) in [7, 11) is -1.88. The van der Waals surface area contributed by atoms with Crippen molar-refractivity contribution in [3.8, 4) is 0 Å². The van der Waals surface area contributed by atoms with Gasteiger partial charge in [-0.3, -0.25) is 4.79 Å². The van der Waals surface area contributed by atoms with Crippen LogP contribution in [0.3, 0.4) is 0 Å². The summed E-state index contributed by atoms with van der Waals surface area (Å²) in [5.74, 6) is 1.16. The van der Waals surface area contributed by atoms with E-state index in [0.29, 0.717) is 24.0 Å². The minimum Gasteiger partial charge on any atom is -0.411 e. The van der Waals surface area contributed by atoms with Crippen molar-refractivity contribution in [3.05, 3.63) is 60.7 Å². The Bertz CT molecular complexity index is 699. The molecule has 160 valence electrons. The second-order valence-electron chi connectivity index (χ2n) is 10.2. The van der Waals surface area contributed by atoms with Crippen molar-refractivity contribution in [2.75, 3.05) is 0 Å². The smallest absolute Gasteiger partial charge is 0.192 e. The number of ketones is 1. The van der Waals surface area contributed by atoms with Crippen LogP contribution in [0.2, 0.25) is 18.1 Å². The van der Waals surface area contributed by atoms with Gasteiger partial charge in [-0.2, -0.15) is 0 Å². The summed E-state index contributed by atoms with van der Waals surface area (Å²) >= 11 is 0. The molecule has 1 saturated carbocycles. The van der Waals surface area contributed by atoms with Crippen molar-refractivity contribution in [2.24, 2.45) is 17.8 Å². The molecule has 0 N–H and O–H groups in total. The van der Waals surface area contributed by atoms with E-state index in [1.807, 2.05) is 6.08 Å². The Balaban J connectivity index is 2.18. The van der Waals surface area contributed by atoms with E-state index in [1.165, 1.54) is 5.56 Å². The van der Waals surface area contributed by atoms with Gasteiger partial charge < -0.3 is 4.43 Å². The predicted octanol–water partition coefficient (Wildman–Crippen LogP) is 6.98. The molecule has 3 heteroatoms. The summed E-state index contributed by atoms with van der Waals surface area (Å²) in [5, 5.41) is 0.174. The second kappa shape index (κ2) is 10.0. The maximum atomic E-state index is 12.4. The van der Waals surface area contributed by atoms with Gasteiger partial charge in [0.05, 0.1) is 6.10 Å². The molecule has 0 spiro atoms. The van der Waals surface area contributed by atoms with Crippen molar-refractivity contribution < 1.29 is 9.22 Å². The fraction of sp³-hybridized carbons (Fsp3) is 0.577. The third-order valence-corrected chi connectivity index (χ3v) is 11.3. The van der Waals surface area contributed by atoms with E-state index in [0.717, 1.165) is 19.3 Å². The number of hydrogen-bond acceptors (Lipinski definition) is 2. The Kier molecular flexibility index (Phi) is 8.25. The summed E-state index contributed by atoms with van der Waals surface area (Å²) in [6.07, 6.45) is 9.95. The average Bonchev–Trinajstić information content (AvgIpc) is 2.90. The van der Waals surface area contributed by atoms with Crippen LogP contribution in [0.1, 0.15) is 52.5 Å². The molecule has 0 heterocycles. The maximum absolute atomic E-state index is 12.4. The maximum Gasteiger partial charge on any atom is 0.192 e. The first-order chi connectivity index (χ1) is 13.5. The molecule has 0 saturated heterocycles. The summed E-state index contributed by atoms with van der Waals surface area (Å²) in [6, 6.07) is 10.6. The van der Waals surface area contributed by atoms with Gasteiger partial charge in [-0.05, 0) is 54.8 Å². The molecule has 4 atom stereocenters. The lowest BCUT2D eigenvalue weighted by Crippen LogP contribution is -2.43. The molecule has 0 aromatic heterocycles. The fourth-order valence-corrected chi connectivity index (χ4v) is 5.27. The summed E-state index contributed by atoms with van der Waals surface area (Å²) in [5.41, 5.74) is 1.35. The second-order valence-corrected chi connectivity index (χ2v) is 14.9. The molecular weight excluding hydrogens is 372 g/mol. The van der Waals surface area contributed by atoms with E-state index in [2.05, 4.69) is 89.9 Å². The molecule has 2 nitrogen and oxygen atoms in total. The number of hydrogen-bond donors (Lipinski definition) is 0. The summed E-state index contributed by atoms with van der Waals surface area (Å²) in [4.78, 5) is 12.4. The van der Waals surface area contributed by atoms with Crippen molar-refractivity contribution in [1.29, 1.82) is 0 Å². The standard InChI is InChI=1S/C26H40O2Si/c1-8-12-24-23(20(2)19-25(24)27)18-17-22(28-29(6,7)26(3,4)5)16-15-21-13-10-9-11-14-21/h8-11,13-14,17-18,20,22-24H,1,12,15-16,19H2,2-7H3/b18-17+/t20-,22+,23+,24-/m1/s1. The molecule has 0 unspecified atom stereocenters. The van der Waals surface area contributed by atoms with Gasteiger partial charge in [0.2, 0.25) is 0 Å². The number of Topliss-reactive ketones (excluding diaryl/α,β-unsaturated/α-hetero) is 1. The van der Waals surface area contributed by atoms with Gasteiger partial charge in [0.25, 0.3) is 0 Å². The third-order valence-electron chi connectivity index (χ3n) is 6.84. The molecule has 1 aromatic rings. The molecule has 1 aliphatic carbocycles. The van der Waals surface area contributed by atoms with Gasteiger partial charge in [-0.1, -0.05) is 76.3 Å². The first kappa shape index (κ1) is 23.8. The van der Waals surface area contributed by atoms with Crippen LogP contribution in [0, 0.1) is 17.8 Å². The van der Waals surface area contributed by atoms with Crippen LogP contribution in [-0.4, -0.2) is 20.2 Å². The lowest BCUT2D eigenvalue weighted by Gasteiger charge is -2.39. The van der Waals surface area contributed by atoms with Crippen LogP contribution in [0.5, 0.6) is 0 Å². The molecular formula is C26H40O2Si. The largest absolute Gasteiger partial charge is 0.411 e. The Morgan fingerprint density at radius 1 is 1.24 bits per heavy atom. The zero-order valence-electron chi connectivity index (χ0n) is 19.3. The van der Waals surface area contributed by atoms with Crippen LogP contribution in [0.25, 0.3) is 0 Å². The zero-order chi connectivity index (χ0) is 21.7. The van der Waals surface area contributed by atoms with Crippen LogP contribution < -0.4 is 0 Å². The van der Waals surface area contributed by atoms with Gasteiger partial charge in [0, 0.05) is 12.3 Å². The molecule has 29 heavy (non-hydrogen) atoms.